The second-order valence-corrected chi connectivity index (χ2v) is 9.07. The predicted molar refractivity (Wildman–Crippen MR) is 114 cm³/mol. The molecular formula is C24H29ClNO3+. The average Bonchev–Trinajstić information content (AvgIpc) is 2.74. The molecule has 3 heterocycles. The molecule has 5 rings (SSSR count). The number of carbonyl (C=O) groups excluding carboxylic acids is 1. The van der Waals surface area contributed by atoms with Crippen LogP contribution in [0, 0.1) is 5.92 Å². The van der Waals surface area contributed by atoms with Gasteiger partial charge in [-0.15, -0.1) is 0 Å². The number of aliphatic hydroxyl groups is 1. The topological polar surface area (TPSA) is 46.5 Å². The Bertz CT molecular complexity index is 857. The lowest BCUT2D eigenvalue weighted by Gasteiger charge is -2.56. The SMILES string of the molecule is COc1ccc(C(=O)CCC[N+]23CCC(CC2)[C@@](O)(c2ccc(Cl)cc2)C3)cc1. The van der Waals surface area contributed by atoms with Gasteiger partial charge in [-0.3, -0.25) is 4.79 Å². The summed E-state index contributed by atoms with van der Waals surface area (Å²) in [5.74, 6) is 1.24. The highest BCUT2D eigenvalue weighted by atomic mass is 35.5. The van der Waals surface area contributed by atoms with Crippen LogP contribution in [0.4, 0.5) is 0 Å². The van der Waals surface area contributed by atoms with Gasteiger partial charge in [-0.2, -0.15) is 0 Å². The van der Waals surface area contributed by atoms with Crippen LogP contribution < -0.4 is 4.74 Å². The summed E-state index contributed by atoms with van der Waals surface area (Å²) in [4.78, 5) is 12.6. The second-order valence-electron chi connectivity index (χ2n) is 8.63. The summed E-state index contributed by atoms with van der Waals surface area (Å²) in [7, 11) is 1.62. The molecule has 2 bridgehead atoms. The van der Waals surface area contributed by atoms with Crippen LogP contribution in [-0.4, -0.2) is 48.7 Å². The fourth-order valence-corrected chi connectivity index (χ4v) is 5.38. The number of methoxy groups -OCH3 is 1. The van der Waals surface area contributed by atoms with Gasteiger partial charge >= 0.3 is 0 Å². The molecule has 0 saturated carbocycles. The van der Waals surface area contributed by atoms with E-state index in [4.69, 9.17) is 16.3 Å². The number of hydrogen-bond acceptors (Lipinski definition) is 3. The van der Waals surface area contributed by atoms with E-state index in [1.807, 2.05) is 48.5 Å². The van der Waals surface area contributed by atoms with Crippen LogP contribution in [0.3, 0.4) is 0 Å². The first-order valence-electron chi connectivity index (χ1n) is 10.4. The van der Waals surface area contributed by atoms with E-state index in [0.717, 1.165) is 66.8 Å². The van der Waals surface area contributed by atoms with E-state index in [1.54, 1.807) is 7.11 Å². The largest absolute Gasteiger partial charge is 0.497 e. The molecule has 0 spiro atoms. The summed E-state index contributed by atoms with van der Waals surface area (Å²) in [5, 5.41) is 12.3. The van der Waals surface area contributed by atoms with Gasteiger partial charge in [0.2, 0.25) is 0 Å². The number of carbonyl (C=O) groups is 1. The van der Waals surface area contributed by atoms with Gasteiger partial charge in [0.1, 0.15) is 17.9 Å². The first kappa shape index (κ1) is 20.4. The van der Waals surface area contributed by atoms with Gasteiger partial charge in [-0.1, -0.05) is 23.7 Å². The zero-order valence-corrected chi connectivity index (χ0v) is 17.7. The average molecular weight is 415 g/mol. The molecule has 5 heteroatoms. The molecule has 3 aliphatic heterocycles. The minimum Gasteiger partial charge on any atom is -0.497 e. The quantitative estimate of drug-likeness (QED) is 0.538. The first-order valence-corrected chi connectivity index (χ1v) is 10.8. The van der Waals surface area contributed by atoms with E-state index < -0.39 is 5.60 Å². The van der Waals surface area contributed by atoms with Crippen LogP contribution in [0.5, 0.6) is 5.75 Å². The molecule has 0 amide bonds. The van der Waals surface area contributed by atoms with Crippen molar-refractivity contribution in [2.24, 2.45) is 5.92 Å². The Morgan fingerprint density at radius 3 is 2.41 bits per heavy atom. The summed E-state index contributed by atoms with van der Waals surface area (Å²) in [6.45, 7) is 3.86. The van der Waals surface area contributed by atoms with Crippen molar-refractivity contribution in [3.05, 3.63) is 64.7 Å². The number of quaternary nitrogens is 1. The maximum atomic E-state index is 12.6. The molecule has 29 heavy (non-hydrogen) atoms. The van der Waals surface area contributed by atoms with Crippen molar-refractivity contribution >= 4 is 17.4 Å². The van der Waals surface area contributed by atoms with Gasteiger partial charge in [0.15, 0.2) is 5.78 Å². The predicted octanol–water partition coefficient (Wildman–Crippen LogP) is 4.44. The number of ketones is 1. The third-order valence-corrected chi connectivity index (χ3v) is 7.20. The van der Waals surface area contributed by atoms with E-state index >= 15 is 0 Å². The van der Waals surface area contributed by atoms with E-state index in [-0.39, 0.29) is 5.78 Å². The molecule has 3 aliphatic rings. The van der Waals surface area contributed by atoms with E-state index in [2.05, 4.69) is 0 Å². The van der Waals surface area contributed by atoms with Crippen molar-refractivity contribution < 1.29 is 19.1 Å². The third kappa shape index (κ3) is 4.07. The first-order chi connectivity index (χ1) is 13.9. The summed E-state index contributed by atoms with van der Waals surface area (Å²) in [5.41, 5.74) is 0.921. The number of fused-ring (bicyclic) bond motifs is 3. The summed E-state index contributed by atoms with van der Waals surface area (Å²) in [6.07, 6.45) is 3.44. The molecule has 2 aromatic rings. The Morgan fingerprint density at radius 1 is 1.14 bits per heavy atom. The number of nitrogens with zero attached hydrogens (tertiary/aromatic N) is 1. The monoisotopic (exact) mass is 414 g/mol. The minimum atomic E-state index is -0.791. The fraction of sp³-hybridized carbons (Fsp3) is 0.458. The van der Waals surface area contributed by atoms with Crippen LogP contribution in [0.25, 0.3) is 0 Å². The van der Waals surface area contributed by atoms with Crippen LogP contribution in [0.1, 0.15) is 41.6 Å². The van der Waals surface area contributed by atoms with Crippen molar-refractivity contribution in [1.82, 2.24) is 0 Å². The molecule has 0 unspecified atom stereocenters. The molecule has 154 valence electrons. The minimum absolute atomic E-state index is 0.172. The lowest BCUT2D eigenvalue weighted by atomic mass is 9.70. The summed E-state index contributed by atoms with van der Waals surface area (Å²) < 4.78 is 6.07. The lowest BCUT2D eigenvalue weighted by molar-refractivity contribution is -0.952. The maximum absolute atomic E-state index is 12.6. The van der Waals surface area contributed by atoms with Crippen LogP contribution in [-0.2, 0) is 5.60 Å². The molecule has 0 aliphatic carbocycles. The van der Waals surface area contributed by atoms with Crippen molar-refractivity contribution in [3.8, 4) is 5.75 Å². The number of ether oxygens (including phenoxy) is 1. The van der Waals surface area contributed by atoms with Gasteiger partial charge in [0.05, 0.1) is 26.7 Å². The number of hydrogen-bond donors (Lipinski definition) is 1. The molecule has 3 saturated heterocycles. The Labute approximate surface area is 177 Å². The van der Waals surface area contributed by atoms with Crippen molar-refractivity contribution in [2.45, 2.75) is 31.3 Å². The summed E-state index contributed by atoms with van der Waals surface area (Å²) >= 11 is 6.04. The molecule has 2 aromatic carbocycles. The Hall–Kier alpha value is -1.88. The Kier molecular flexibility index (Phi) is 5.69. The van der Waals surface area contributed by atoms with Crippen LogP contribution >= 0.6 is 11.6 Å². The second kappa shape index (κ2) is 8.10. The highest BCUT2D eigenvalue weighted by molar-refractivity contribution is 6.30. The fourth-order valence-electron chi connectivity index (χ4n) is 5.26. The van der Waals surface area contributed by atoms with Gasteiger partial charge in [-0.25, -0.2) is 0 Å². The summed E-state index contributed by atoms with van der Waals surface area (Å²) in [6, 6.07) is 15.0. The number of Topliss-reactive ketones (excluding diaryl/α,β-unsaturated/α-hetero) is 1. The number of halogens is 1. The van der Waals surface area contributed by atoms with E-state index in [1.165, 1.54) is 0 Å². The van der Waals surface area contributed by atoms with Gasteiger partial charge in [-0.05, 0) is 42.0 Å². The highest BCUT2D eigenvalue weighted by Crippen LogP contribution is 2.46. The molecule has 3 fully saturated rings. The van der Waals surface area contributed by atoms with Crippen molar-refractivity contribution in [3.63, 3.8) is 0 Å². The van der Waals surface area contributed by atoms with Crippen molar-refractivity contribution in [2.75, 3.05) is 33.3 Å². The van der Waals surface area contributed by atoms with Crippen LogP contribution in [0.15, 0.2) is 48.5 Å². The van der Waals surface area contributed by atoms with Gasteiger partial charge in [0, 0.05) is 42.2 Å². The zero-order chi connectivity index (χ0) is 20.5. The number of piperidine rings is 3. The molecule has 0 radical (unpaired) electrons. The molecule has 4 nitrogen and oxygen atoms in total. The lowest BCUT2D eigenvalue weighted by Crippen LogP contribution is -2.67. The number of rotatable bonds is 7. The van der Waals surface area contributed by atoms with Crippen molar-refractivity contribution in [1.29, 1.82) is 0 Å². The Balaban J connectivity index is 1.40. The zero-order valence-electron chi connectivity index (χ0n) is 16.9. The van der Waals surface area contributed by atoms with Gasteiger partial charge in [0.25, 0.3) is 0 Å². The van der Waals surface area contributed by atoms with E-state index in [9.17, 15) is 9.90 Å². The smallest absolute Gasteiger partial charge is 0.163 e. The van der Waals surface area contributed by atoms with Crippen LogP contribution in [0.2, 0.25) is 5.02 Å². The molecule has 1 atom stereocenters. The molecule has 0 aromatic heterocycles. The standard InChI is InChI=1S/C24H29ClNO3/c1-29-22-10-4-18(5-11-22)23(27)3-2-14-26-15-12-20(13-16-26)24(28,17-26)19-6-8-21(25)9-7-19/h4-11,20,28H,2-3,12-17H2,1H3/q+1/t20?,24-,26?/m0/s1. The third-order valence-electron chi connectivity index (χ3n) is 6.95. The molecular weight excluding hydrogens is 386 g/mol. The highest BCUT2D eigenvalue weighted by Gasteiger charge is 2.54. The van der Waals surface area contributed by atoms with E-state index in [0.29, 0.717) is 17.4 Å². The number of benzene rings is 2. The van der Waals surface area contributed by atoms with Gasteiger partial charge < -0.3 is 14.3 Å². The normalized spacial score (nSPS) is 28.3. The Morgan fingerprint density at radius 2 is 1.79 bits per heavy atom. The maximum Gasteiger partial charge on any atom is 0.163 e. The molecule has 1 N–H and O–H groups in total.